The van der Waals surface area contributed by atoms with Gasteiger partial charge in [0.05, 0.1) is 35.7 Å². The molecule has 0 bridgehead atoms. The van der Waals surface area contributed by atoms with Gasteiger partial charge >= 0.3 is 18.2 Å². The van der Waals surface area contributed by atoms with Crippen LogP contribution in [0.3, 0.4) is 0 Å². The number of halogens is 5. The number of hydrogen-bond donors (Lipinski definition) is 3. The van der Waals surface area contributed by atoms with Gasteiger partial charge < -0.3 is 20.5 Å². The number of carboxylic acid groups (broad SMARTS) is 1. The predicted octanol–water partition coefficient (Wildman–Crippen LogP) is 4.23. The molecule has 1 aromatic carbocycles. The topological polar surface area (TPSA) is 148 Å². The van der Waals surface area contributed by atoms with E-state index in [1.165, 1.54) is 6.20 Å². The number of carbonyl (C=O) groups excluding carboxylic acids is 2. The Morgan fingerprint density at radius 1 is 1.18 bits per heavy atom. The molecule has 44 heavy (non-hydrogen) atoms. The molecule has 3 N–H and O–H groups in total. The lowest BCUT2D eigenvalue weighted by atomic mass is 9.72. The molecular weight excluding hydrogens is 595 g/mol. The van der Waals surface area contributed by atoms with Gasteiger partial charge in [0.15, 0.2) is 5.41 Å². The Hall–Kier alpha value is -4.37. The Morgan fingerprint density at radius 3 is 2.55 bits per heavy atom. The first kappa shape index (κ1) is 31.1. The summed E-state index contributed by atoms with van der Waals surface area (Å²) in [6, 6.07) is 8.02. The maximum absolute atomic E-state index is 13.9. The number of fused-ring (bicyclic) bond motifs is 1. The monoisotopic (exact) mass is 624 g/mol. The van der Waals surface area contributed by atoms with Gasteiger partial charge in [-0.1, -0.05) is 30.3 Å². The summed E-state index contributed by atoms with van der Waals surface area (Å²) >= 11 is 0. The van der Waals surface area contributed by atoms with E-state index >= 15 is 0 Å². The van der Waals surface area contributed by atoms with Crippen molar-refractivity contribution in [2.75, 3.05) is 6.54 Å². The molecule has 2 aromatic heterocycles. The smallest absolute Gasteiger partial charge is 0.408 e. The Balaban J connectivity index is 1.39. The van der Waals surface area contributed by atoms with Crippen molar-refractivity contribution in [3.8, 4) is 0 Å². The molecule has 1 saturated heterocycles. The summed E-state index contributed by atoms with van der Waals surface area (Å²) < 4.78 is 74.7. The van der Waals surface area contributed by atoms with Crippen LogP contribution in [0.25, 0.3) is 5.78 Å². The molecule has 2 amide bonds. The van der Waals surface area contributed by atoms with E-state index in [1.807, 2.05) is 0 Å². The van der Waals surface area contributed by atoms with Crippen LogP contribution in [-0.4, -0.2) is 61.3 Å². The molecule has 236 valence electrons. The lowest BCUT2D eigenvalue weighted by Gasteiger charge is -2.37. The molecule has 11 nitrogen and oxygen atoms in total. The van der Waals surface area contributed by atoms with E-state index in [0.717, 1.165) is 16.3 Å². The van der Waals surface area contributed by atoms with Gasteiger partial charge in [0.1, 0.15) is 6.61 Å². The highest BCUT2D eigenvalue weighted by Crippen LogP contribution is 2.42. The average Bonchev–Trinajstić information content (AvgIpc) is 3.39. The first-order valence-corrected chi connectivity index (χ1v) is 13.9. The van der Waals surface area contributed by atoms with Gasteiger partial charge in [-0.3, -0.25) is 9.59 Å². The van der Waals surface area contributed by atoms with Crippen molar-refractivity contribution < 1.29 is 46.2 Å². The third-order valence-corrected chi connectivity index (χ3v) is 8.19. The summed E-state index contributed by atoms with van der Waals surface area (Å²) in [6.45, 7) is -0.768. The lowest BCUT2D eigenvalue weighted by molar-refractivity contribution is -0.194. The quantitative estimate of drug-likeness (QED) is 0.249. The average molecular weight is 625 g/mol. The predicted molar refractivity (Wildman–Crippen MR) is 141 cm³/mol. The molecule has 1 unspecified atom stereocenters. The molecular formula is C28H29F5N6O5. The minimum atomic E-state index is -4.73. The first-order chi connectivity index (χ1) is 20.8. The second kappa shape index (κ2) is 12.0. The summed E-state index contributed by atoms with van der Waals surface area (Å²) in [7, 11) is 0. The van der Waals surface area contributed by atoms with E-state index in [9.17, 15) is 41.4 Å². The summed E-state index contributed by atoms with van der Waals surface area (Å²) in [5.74, 6) is -8.13. The summed E-state index contributed by atoms with van der Waals surface area (Å²) in [6.07, 6.45) is -5.33. The number of nitrogens with zero attached hydrogens (tertiary/aromatic N) is 4. The molecule has 3 heterocycles. The number of aliphatic carboxylic acids is 1. The maximum Gasteiger partial charge on any atom is 0.408 e. The van der Waals surface area contributed by atoms with Gasteiger partial charge in [0.2, 0.25) is 11.8 Å². The Bertz CT molecular complexity index is 1520. The van der Waals surface area contributed by atoms with Gasteiger partial charge in [-0.15, -0.1) is 0 Å². The number of amides is 2. The molecule has 1 saturated carbocycles. The first-order valence-electron chi connectivity index (χ1n) is 13.9. The second-order valence-corrected chi connectivity index (χ2v) is 11.3. The van der Waals surface area contributed by atoms with Gasteiger partial charge in [0, 0.05) is 25.8 Å². The number of piperidine rings is 1. The number of benzene rings is 1. The van der Waals surface area contributed by atoms with Crippen LogP contribution in [0, 0.1) is 17.3 Å². The number of imidazole rings is 1. The minimum absolute atomic E-state index is 0.0000176. The van der Waals surface area contributed by atoms with Crippen LogP contribution in [0.15, 0.2) is 42.7 Å². The van der Waals surface area contributed by atoms with Crippen LogP contribution in [0.1, 0.15) is 55.1 Å². The molecule has 5 rings (SSSR count). The van der Waals surface area contributed by atoms with E-state index in [1.54, 1.807) is 30.3 Å². The zero-order valence-electron chi connectivity index (χ0n) is 23.2. The molecule has 0 radical (unpaired) electrons. The number of rotatable bonds is 8. The number of carbonyl (C=O) groups is 3. The third kappa shape index (κ3) is 6.73. The van der Waals surface area contributed by atoms with Crippen molar-refractivity contribution in [1.82, 2.24) is 30.2 Å². The van der Waals surface area contributed by atoms with Crippen molar-refractivity contribution in [3.63, 3.8) is 0 Å². The fourth-order valence-corrected chi connectivity index (χ4v) is 5.71. The Morgan fingerprint density at radius 2 is 1.89 bits per heavy atom. The zero-order chi connectivity index (χ0) is 31.7. The van der Waals surface area contributed by atoms with Crippen molar-refractivity contribution in [2.45, 2.75) is 63.3 Å². The SMILES string of the molecule is O=C(N[C@H](c1cn2nc(CC3(C(=O)O)C[C@@H](C(F)(F)F)CNC3=O)cnc2n1)C1CCC(F)(F)CC1)OCc1ccccc1. The molecule has 16 heteroatoms. The molecule has 1 aliphatic carbocycles. The van der Waals surface area contributed by atoms with Crippen molar-refractivity contribution in [2.24, 2.45) is 17.3 Å². The largest absolute Gasteiger partial charge is 0.480 e. The molecule has 0 spiro atoms. The fraction of sp³-hybridized carbons (Fsp3) is 0.500. The summed E-state index contributed by atoms with van der Waals surface area (Å²) in [5, 5.41) is 18.9. The van der Waals surface area contributed by atoms with E-state index in [4.69, 9.17) is 4.74 Å². The Labute approximate surface area is 247 Å². The Kier molecular flexibility index (Phi) is 8.44. The molecule has 1 aliphatic heterocycles. The standard InChI is InChI=1S/C28H29F5N6O5/c29-27(30)8-6-17(7-9-27)21(37-25(43)44-15-16-4-2-1-3-5-16)20-14-39-24(36-20)35-13-19(38-39)11-26(23(41)42)10-18(28(31,32)33)12-34-22(26)40/h1-5,13-14,17-18,21H,6-12,15H2,(H,34,40)(H,37,43)(H,41,42)/t18-,21+,26?/m1/s1. The van der Waals surface area contributed by atoms with E-state index in [0.29, 0.717) is 0 Å². The zero-order valence-corrected chi connectivity index (χ0v) is 23.2. The number of alkyl carbamates (subject to hydrolysis) is 1. The number of hydrogen-bond acceptors (Lipinski definition) is 7. The van der Waals surface area contributed by atoms with Gasteiger partial charge in [0.25, 0.3) is 5.78 Å². The van der Waals surface area contributed by atoms with Crippen LogP contribution < -0.4 is 10.6 Å². The molecule has 2 fully saturated rings. The maximum atomic E-state index is 13.9. The van der Waals surface area contributed by atoms with Crippen LogP contribution >= 0.6 is 0 Å². The number of carboxylic acids is 1. The summed E-state index contributed by atoms with van der Waals surface area (Å²) in [5.41, 5.74) is -1.58. The highest BCUT2D eigenvalue weighted by Gasteiger charge is 2.56. The van der Waals surface area contributed by atoms with Gasteiger partial charge in [-0.25, -0.2) is 28.1 Å². The van der Waals surface area contributed by atoms with Crippen LogP contribution in [0.4, 0.5) is 26.7 Å². The normalized spacial score (nSPS) is 23.1. The van der Waals surface area contributed by atoms with E-state index in [-0.39, 0.29) is 49.5 Å². The summed E-state index contributed by atoms with van der Waals surface area (Å²) in [4.78, 5) is 46.1. The van der Waals surface area contributed by atoms with Crippen molar-refractivity contribution >= 4 is 23.7 Å². The highest BCUT2D eigenvalue weighted by molar-refractivity contribution is 6.02. The van der Waals surface area contributed by atoms with Crippen LogP contribution in [0.5, 0.6) is 0 Å². The minimum Gasteiger partial charge on any atom is -0.480 e. The highest BCUT2D eigenvalue weighted by atomic mass is 19.4. The second-order valence-electron chi connectivity index (χ2n) is 11.3. The molecule has 2 aliphatic rings. The van der Waals surface area contributed by atoms with Crippen molar-refractivity contribution in [1.29, 1.82) is 0 Å². The lowest BCUT2D eigenvalue weighted by Crippen LogP contribution is -2.57. The van der Waals surface area contributed by atoms with E-state index in [2.05, 4.69) is 25.7 Å². The fourth-order valence-electron chi connectivity index (χ4n) is 5.71. The van der Waals surface area contributed by atoms with Crippen LogP contribution in [0.2, 0.25) is 0 Å². The third-order valence-electron chi connectivity index (χ3n) is 8.19. The van der Waals surface area contributed by atoms with E-state index < -0.39 is 72.7 Å². The number of ether oxygens (including phenoxy) is 1. The van der Waals surface area contributed by atoms with Gasteiger partial charge in [-0.2, -0.15) is 18.3 Å². The van der Waals surface area contributed by atoms with Crippen LogP contribution in [-0.2, 0) is 27.4 Å². The van der Waals surface area contributed by atoms with Gasteiger partial charge in [-0.05, 0) is 30.7 Å². The molecule has 3 atom stereocenters. The number of alkyl halides is 5. The molecule has 3 aromatic rings. The number of nitrogens with one attached hydrogen (secondary N) is 2. The van der Waals surface area contributed by atoms with Crippen molar-refractivity contribution in [3.05, 3.63) is 59.7 Å². The number of aromatic nitrogens is 4.